The van der Waals surface area contributed by atoms with Crippen LogP contribution >= 0.6 is 0 Å². The minimum atomic E-state index is -0.368. The highest BCUT2D eigenvalue weighted by Crippen LogP contribution is 2.18. The Labute approximate surface area is 105 Å². The fraction of sp³-hybridized carbons (Fsp3) is 0.600. The summed E-state index contributed by atoms with van der Waals surface area (Å²) in [6, 6.07) is 10.7. The number of nitrogens with one attached hydrogen (secondary N) is 1. The lowest BCUT2D eigenvalue weighted by Gasteiger charge is -2.22. The number of benzene rings is 1. The van der Waals surface area contributed by atoms with Crippen molar-refractivity contribution in [2.75, 3.05) is 0 Å². The third-order valence-electron chi connectivity index (χ3n) is 3.05. The van der Waals surface area contributed by atoms with Gasteiger partial charge in [-0.2, -0.15) is 0 Å². The molecule has 0 aliphatic carbocycles. The molecular weight excluding hydrogens is 210 g/mol. The van der Waals surface area contributed by atoms with Crippen molar-refractivity contribution in [1.82, 2.24) is 5.32 Å². The maximum atomic E-state index is 10.1. The molecule has 0 amide bonds. The summed E-state index contributed by atoms with van der Waals surface area (Å²) in [6.45, 7) is 6.54. The molecule has 0 aliphatic heterocycles. The first kappa shape index (κ1) is 14.2. The van der Waals surface area contributed by atoms with Gasteiger partial charge in [0, 0.05) is 12.1 Å². The molecule has 0 heterocycles. The summed E-state index contributed by atoms with van der Waals surface area (Å²) in [6.07, 6.45) is 2.78. The molecule has 1 aromatic carbocycles. The smallest absolute Gasteiger partial charge is 0.0804 e. The van der Waals surface area contributed by atoms with E-state index < -0.39 is 0 Å². The van der Waals surface area contributed by atoms with Crippen molar-refractivity contribution in [3.05, 3.63) is 35.9 Å². The number of aliphatic hydroxyl groups is 1. The summed E-state index contributed by atoms with van der Waals surface area (Å²) >= 11 is 0. The van der Waals surface area contributed by atoms with Crippen molar-refractivity contribution >= 4 is 0 Å². The van der Waals surface area contributed by atoms with Crippen LogP contribution in [0.25, 0.3) is 0 Å². The fourth-order valence-electron chi connectivity index (χ4n) is 2.22. The molecule has 0 saturated carbocycles. The van der Waals surface area contributed by atoms with Crippen molar-refractivity contribution in [2.45, 2.75) is 58.2 Å². The molecule has 0 bridgehead atoms. The number of aliphatic hydroxyl groups excluding tert-OH is 1. The first-order valence-corrected chi connectivity index (χ1v) is 6.62. The minimum Gasteiger partial charge on any atom is -0.388 e. The maximum absolute atomic E-state index is 10.1. The number of hydrogen-bond acceptors (Lipinski definition) is 2. The lowest BCUT2D eigenvalue weighted by molar-refractivity contribution is 0.151. The predicted octanol–water partition coefficient (Wildman–Crippen LogP) is 3.28. The lowest BCUT2D eigenvalue weighted by atomic mass is 10.0. The summed E-state index contributed by atoms with van der Waals surface area (Å²) in [5.74, 6) is 0. The van der Waals surface area contributed by atoms with Crippen LogP contribution < -0.4 is 5.32 Å². The van der Waals surface area contributed by atoms with Crippen LogP contribution in [0.4, 0.5) is 0 Å². The minimum absolute atomic E-state index is 0.340. The van der Waals surface area contributed by atoms with Gasteiger partial charge in [0.1, 0.15) is 0 Å². The van der Waals surface area contributed by atoms with Crippen LogP contribution in [0, 0.1) is 0 Å². The van der Waals surface area contributed by atoms with Crippen molar-refractivity contribution in [3.8, 4) is 0 Å². The molecule has 0 aliphatic rings. The number of hydrogen-bond donors (Lipinski definition) is 2. The molecule has 17 heavy (non-hydrogen) atoms. The van der Waals surface area contributed by atoms with Crippen LogP contribution in [-0.4, -0.2) is 17.2 Å². The van der Waals surface area contributed by atoms with Gasteiger partial charge in [0.05, 0.1) is 6.10 Å². The summed E-state index contributed by atoms with van der Waals surface area (Å²) in [4.78, 5) is 0. The Morgan fingerprint density at radius 1 is 1.12 bits per heavy atom. The Hall–Kier alpha value is -0.860. The molecule has 0 aromatic heterocycles. The zero-order valence-electron chi connectivity index (χ0n) is 11.2. The average Bonchev–Trinajstić information content (AvgIpc) is 2.30. The van der Waals surface area contributed by atoms with E-state index in [1.807, 2.05) is 30.3 Å². The third kappa shape index (κ3) is 5.33. The molecule has 1 rings (SSSR count). The van der Waals surface area contributed by atoms with Gasteiger partial charge in [0.15, 0.2) is 0 Å². The van der Waals surface area contributed by atoms with E-state index in [-0.39, 0.29) is 6.10 Å². The van der Waals surface area contributed by atoms with Gasteiger partial charge in [-0.25, -0.2) is 0 Å². The molecule has 2 heteroatoms. The van der Waals surface area contributed by atoms with Crippen molar-refractivity contribution in [2.24, 2.45) is 0 Å². The van der Waals surface area contributed by atoms with Gasteiger partial charge in [-0.05, 0) is 32.3 Å². The summed E-state index contributed by atoms with van der Waals surface area (Å²) in [5, 5.41) is 13.6. The fourth-order valence-corrected chi connectivity index (χ4v) is 2.22. The second kappa shape index (κ2) is 7.46. The summed E-state index contributed by atoms with van der Waals surface area (Å²) in [5.41, 5.74) is 1.00. The molecule has 0 fully saturated rings. The van der Waals surface area contributed by atoms with Gasteiger partial charge in [-0.1, -0.05) is 43.7 Å². The predicted molar refractivity (Wildman–Crippen MR) is 73.0 cm³/mol. The zero-order valence-corrected chi connectivity index (χ0v) is 11.2. The van der Waals surface area contributed by atoms with Crippen LogP contribution in [0.5, 0.6) is 0 Å². The van der Waals surface area contributed by atoms with Gasteiger partial charge in [-0.15, -0.1) is 0 Å². The Bertz CT molecular complexity index is 299. The van der Waals surface area contributed by atoms with Gasteiger partial charge < -0.3 is 10.4 Å². The number of rotatable bonds is 7. The average molecular weight is 235 g/mol. The molecule has 0 saturated heterocycles. The van der Waals surface area contributed by atoms with Gasteiger partial charge in [0.2, 0.25) is 0 Å². The summed E-state index contributed by atoms with van der Waals surface area (Å²) < 4.78 is 0. The monoisotopic (exact) mass is 235 g/mol. The van der Waals surface area contributed by atoms with Gasteiger partial charge >= 0.3 is 0 Å². The van der Waals surface area contributed by atoms with E-state index in [2.05, 4.69) is 26.1 Å². The first-order valence-electron chi connectivity index (χ1n) is 6.62. The Morgan fingerprint density at radius 2 is 1.76 bits per heavy atom. The highest BCUT2D eigenvalue weighted by Gasteiger charge is 2.13. The molecule has 2 N–H and O–H groups in total. The Kier molecular flexibility index (Phi) is 6.23. The quantitative estimate of drug-likeness (QED) is 0.760. The van der Waals surface area contributed by atoms with Crippen molar-refractivity contribution < 1.29 is 5.11 Å². The molecule has 0 spiro atoms. The van der Waals surface area contributed by atoms with Gasteiger partial charge in [0.25, 0.3) is 0 Å². The Morgan fingerprint density at radius 3 is 2.35 bits per heavy atom. The molecule has 0 radical (unpaired) electrons. The highest BCUT2D eigenvalue weighted by molar-refractivity contribution is 5.17. The third-order valence-corrected chi connectivity index (χ3v) is 3.05. The van der Waals surface area contributed by atoms with Crippen LogP contribution in [-0.2, 0) is 0 Å². The second-order valence-electron chi connectivity index (χ2n) is 4.92. The lowest BCUT2D eigenvalue weighted by Crippen LogP contribution is -2.35. The normalized spacial score (nSPS) is 16.5. The topological polar surface area (TPSA) is 32.3 Å². The molecule has 3 atom stereocenters. The molecule has 3 unspecified atom stereocenters. The van der Waals surface area contributed by atoms with E-state index in [1.54, 1.807) is 0 Å². The Balaban J connectivity index is 2.38. The zero-order chi connectivity index (χ0) is 12.7. The standard InChI is InChI=1S/C15H25NO/c1-4-8-12(2)16-13(3)11-15(17)14-9-6-5-7-10-14/h5-7,9-10,12-13,15-17H,4,8,11H2,1-3H3. The maximum Gasteiger partial charge on any atom is 0.0804 e. The largest absolute Gasteiger partial charge is 0.388 e. The van der Waals surface area contributed by atoms with Crippen molar-refractivity contribution in [3.63, 3.8) is 0 Å². The van der Waals surface area contributed by atoms with E-state index in [1.165, 1.54) is 12.8 Å². The van der Waals surface area contributed by atoms with Crippen molar-refractivity contribution in [1.29, 1.82) is 0 Å². The first-order chi connectivity index (χ1) is 8.13. The summed E-state index contributed by atoms with van der Waals surface area (Å²) in [7, 11) is 0. The van der Waals surface area contributed by atoms with E-state index in [0.29, 0.717) is 12.1 Å². The van der Waals surface area contributed by atoms with E-state index in [0.717, 1.165) is 12.0 Å². The molecular formula is C15H25NO. The highest BCUT2D eigenvalue weighted by atomic mass is 16.3. The van der Waals surface area contributed by atoms with E-state index in [9.17, 15) is 5.11 Å². The van der Waals surface area contributed by atoms with Crippen LogP contribution in [0.2, 0.25) is 0 Å². The van der Waals surface area contributed by atoms with E-state index >= 15 is 0 Å². The molecule has 1 aromatic rings. The van der Waals surface area contributed by atoms with E-state index in [4.69, 9.17) is 0 Å². The van der Waals surface area contributed by atoms with Crippen LogP contribution in [0.3, 0.4) is 0 Å². The van der Waals surface area contributed by atoms with Gasteiger partial charge in [-0.3, -0.25) is 0 Å². The molecule has 2 nitrogen and oxygen atoms in total. The SMILES string of the molecule is CCCC(C)NC(C)CC(O)c1ccccc1. The van der Waals surface area contributed by atoms with Crippen LogP contribution in [0.1, 0.15) is 51.7 Å². The second-order valence-corrected chi connectivity index (χ2v) is 4.92. The molecule has 96 valence electrons. The van der Waals surface area contributed by atoms with Crippen LogP contribution in [0.15, 0.2) is 30.3 Å².